The van der Waals surface area contributed by atoms with Crippen LogP contribution < -0.4 is 10.7 Å². The Bertz CT molecular complexity index is 1270. The minimum absolute atomic E-state index is 0.0959. The first kappa shape index (κ1) is 18.7. The van der Waals surface area contributed by atoms with Crippen molar-refractivity contribution in [1.29, 1.82) is 0 Å². The SMILES string of the molecule is Cc1ccc(/C=C2\CCc3c2oc2cc(NC(=O)C(=O)O)ccc2c3=O)c(C)c1. The maximum absolute atomic E-state index is 12.9. The highest BCUT2D eigenvalue weighted by Gasteiger charge is 2.24. The van der Waals surface area contributed by atoms with Crippen LogP contribution in [0, 0.1) is 13.8 Å². The van der Waals surface area contributed by atoms with Crippen molar-refractivity contribution in [3.05, 3.63) is 74.6 Å². The van der Waals surface area contributed by atoms with Gasteiger partial charge in [-0.05, 0) is 61.6 Å². The number of hydrogen-bond donors (Lipinski definition) is 2. The summed E-state index contributed by atoms with van der Waals surface area (Å²) in [5.74, 6) is -2.17. The van der Waals surface area contributed by atoms with Gasteiger partial charge in [-0.3, -0.25) is 9.59 Å². The molecular weight excluding hydrogens is 370 g/mol. The molecule has 2 N–H and O–H groups in total. The lowest BCUT2D eigenvalue weighted by atomic mass is 10.0. The number of rotatable bonds is 2. The first-order chi connectivity index (χ1) is 13.8. The number of allylic oxidation sites excluding steroid dienone is 1. The van der Waals surface area contributed by atoms with E-state index in [1.54, 1.807) is 6.07 Å². The van der Waals surface area contributed by atoms with Crippen LogP contribution in [0.1, 0.15) is 34.4 Å². The van der Waals surface area contributed by atoms with Gasteiger partial charge in [0, 0.05) is 17.3 Å². The van der Waals surface area contributed by atoms with E-state index in [1.165, 1.54) is 17.7 Å². The van der Waals surface area contributed by atoms with Gasteiger partial charge in [0.25, 0.3) is 0 Å². The molecule has 3 aromatic rings. The van der Waals surface area contributed by atoms with Crippen LogP contribution >= 0.6 is 0 Å². The zero-order valence-corrected chi connectivity index (χ0v) is 16.0. The third-order valence-electron chi connectivity index (χ3n) is 5.13. The third kappa shape index (κ3) is 3.45. The van der Waals surface area contributed by atoms with E-state index in [4.69, 9.17) is 9.52 Å². The average Bonchev–Trinajstić information content (AvgIpc) is 3.07. The fraction of sp³-hybridized carbons (Fsp3) is 0.174. The van der Waals surface area contributed by atoms with Gasteiger partial charge in [0.05, 0.1) is 5.39 Å². The molecule has 0 atom stereocenters. The third-order valence-corrected chi connectivity index (χ3v) is 5.13. The van der Waals surface area contributed by atoms with Crippen LogP contribution in [-0.4, -0.2) is 17.0 Å². The average molecular weight is 389 g/mol. The van der Waals surface area contributed by atoms with Gasteiger partial charge in [-0.2, -0.15) is 0 Å². The summed E-state index contributed by atoms with van der Waals surface area (Å²) in [6, 6.07) is 10.7. The number of hydrogen-bond acceptors (Lipinski definition) is 4. The monoisotopic (exact) mass is 389 g/mol. The molecule has 0 saturated heterocycles. The van der Waals surface area contributed by atoms with Crippen LogP contribution in [-0.2, 0) is 16.0 Å². The molecule has 146 valence electrons. The zero-order chi connectivity index (χ0) is 20.7. The lowest BCUT2D eigenvalue weighted by Gasteiger charge is -2.07. The quantitative estimate of drug-likeness (QED) is 0.648. The van der Waals surface area contributed by atoms with Gasteiger partial charge in [-0.1, -0.05) is 23.8 Å². The molecule has 6 nitrogen and oxygen atoms in total. The number of carboxylic acids is 1. The van der Waals surface area contributed by atoms with E-state index in [9.17, 15) is 14.4 Å². The summed E-state index contributed by atoms with van der Waals surface area (Å²) in [6.45, 7) is 4.09. The molecule has 0 bridgehead atoms. The molecule has 4 rings (SSSR count). The highest BCUT2D eigenvalue weighted by atomic mass is 16.4. The number of carbonyl (C=O) groups excluding carboxylic acids is 1. The van der Waals surface area contributed by atoms with E-state index < -0.39 is 11.9 Å². The molecule has 0 saturated carbocycles. The Kier molecular flexibility index (Phi) is 4.54. The zero-order valence-electron chi connectivity index (χ0n) is 16.0. The van der Waals surface area contributed by atoms with E-state index in [1.807, 2.05) is 32.1 Å². The second-order valence-electron chi connectivity index (χ2n) is 7.24. The number of aliphatic carboxylic acids is 1. The molecule has 1 aromatic heterocycles. The predicted molar refractivity (Wildman–Crippen MR) is 111 cm³/mol. The van der Waals surface area contributed by atoms with Crippen LogP contribution in [0.5, 0.6) is 0 Å². The van der Waals surface area contributed by atoms with Gasteiger partial charge in [0.2, 0.25) is 0 Å². The van der Waals surface area contributed by atoms with Crippen molar-refractivity contribution in [3.8, 4) is 0 Å². The topological polar surface area (TPSA) is 96.6 Å². The molecule has 1 heterocycles. The highest BCUT2D eigenvalue weighted by Crippen LogP contribution is 2.35. The van der Waals surface area contributed by atoms with E-state index in [0.29, 0.717) is 35.1 Å². The first-order valence-electron chi connectivity index (χ1n) is 9.25. The van der Waals surface area contributed by atoms with Crippen molar-refractivity contribution in [1.82, 2.24) is 0 Å². The summed E-state index contributed by atoms with van der Waals surface area (Å²) in [7, 11) is 0. The molecule has 0 fully saturated rings. The maximum Gasteiger partial charge on any atom is 0.394 e. The summed E-state index contributed by atoms with van der Waals surface area (Å²) >= 11 is 0. The summed E-state index contributed by atoms with van der Waals surface area (Å²) in [6.07, 6.45) is 3.37. The smallest absolute Gasteiger partial charge is 0.394 e. The van der Waals surface area contributed by atoms with Crippen molar-refractivity contribution >= 4 is 40.2 Å². The number of aryl methyl sites for hydroxylation is 2. The number of anilines is 1. The Morgan fingerprint density at radius 1 is 1.10 bits per heavy atom. The molecule has 0 radical (unpaired) electrons. The van der Waals surface area contributed by atoms with Crippen LogP contribution in [0.25, 0.3) is 22.6 Å². The molecule has 0 aliphatic heterocycles. The van der Waals surface area contributed by atoms with Crippen molar-refractivity contribution in [2.75, 3.05) is 5.32 Å². The summed E-state index contributed by atoms with van der Waals surface area (Å²) < 4.78 is 6.05. The van der Waals surface area contributed by atoms with Gasteiger partial charge in [-0.25, -0.2) is 4.79 Å². The van der Waals surface area contributed by atoms with Crippen molar-refractivity contribution in [2.24, 2.45) is 0 Å². The summed E-state index contributed by atoms with van der Waals surface area (Å²) in [5, 5.41) is 11.4. The van der Waals surface area contributed by atoms with E-state index in [-0.39, 0.29) is 11.1 Å². The maximum atomic E-state index is 12.9. The summed E-state index contributed by atoms with van der Waals surface area (Å²) in [5.41, 5.74) is 5.47. The number of fused-ring (bicyclic) bond motifs is 2. The minimum Gasteiger partial charge on any atom is -0.474 e. The van der Waals surface area contributed by atoms with E-state index >= 15 is 0 Å². The Hall–Kier alpha value is -3.67. The fourth-order valence-electron chi connectivity index (χ4n) is 3.67. The van der Waals surface area contributed by atoms with Crippen LogP contribution in [0.3, 0.4) is 0 Å². The number of benzene rings is 2. The van der Waals surface area contributed by atoms with Crippen molar-refractivity contribution in [3.63, 3.8) is 0 Å². The molecule has 2 aromatic carbocycles. The van der Waals surface area contributed by atoms with Gasteiger partial charge in [0.1, 0.15) is 11.3 Å². The van der Waals surface area contributed by atoms with E-state index in [2.05, 4.69) is 11.4 Å². The van der Waals surface area contributed by atoms with Crippen LogP contribution in [0.4, 0.5) is 5.69 Å². The Morgan fingerprint density at radius 2 is 1.90 bits per heavy atom. The lowest BCUT2D eigenvalue weighted by molar-refractivity contribution is -0.147. The molecule has 6 heteroatoms. The molecule has 1 aliphatic carbocycles. The normalized spacial score (nSPS) is 14.2. The number of carbonyl (C=O) groups is 2. The highest BCUT2D eigenvalue weighted by molar-refractivity contribution is 6.36. The molecular formula is C23H19NO5. The van der Waals surface area contributed by atoms with Crippen LogP contribution in [0.2, 0.25) is 0 Å². The minimum atomic E-state index is -1.58. The molecule has 29 heavy (non-hydrogen) atoms. The Morgan fingerprint density at radius 3 is 2.62 bits per heavy atom. The standard InChI is InChI=1S/C23H19NO5/c1-12-3-4-14(13(2)9-12)10-15-5-7-18-20(25)17-8-6-16(24-22(26)23(27)28)11-19(17)29-21(15)18/h3-4,6,8-11H,5,7H2,1-2H3,(H,24,26)(H,27,28)/b15-10+. The Labute approximate surface area is 166 Å². The predicted octanol–water partition coefficient (Wildman–Crippen LogP) is 3.92. The van der Waals surface area contributed by atoms with Crippen molar-refractivity contribution < 1.29 is 19.1 Å². The number of nitrogens with one attached hydrogen (secondary N) is 1. The van der Waals surface area contributed by atoms with Crippen LogP contribution in [0.15, 0.2) is 45.6 Å². The fourth-order valence-corrected chi connectivity index (χ4v) is 3.67. The molecule has 1 amide bonds. The second kappa shape index (κ2) is 7.05. The van der Waals surface area contributed by atoms with Gasteiger partial charge in [0.15, 0.2) is 5.43 Å². The first-order valence-corrected chi connectivity index (χ1v) is 9.25. The van der Waals surface area contributed by atoms with Gasteiger partial charge in [-0.15, -0.1) is 0 Å². The van der Waals surface area contributed by atoms with Gasteiger partial charge < -0.3 is 14.8 Å². The largest absolute Gasteiger partial charge is 0.474 e. The van der Waals surface area contributed by atoms with Crippen molar-refractivity contribution in [2.45, 2.75) is 26.7 Å². The molecule has 1 aliphatic rings. The Balaban J connectivity index is 1.80. The van der Waals surface area contributed by atoms with E-state index in [0.717, 1.165) is 16.7 Å². The molecule has 0 unspecified atom stereocenters. The molecule has 0 spiro atoms. The van der Waals surface area contributed by atoms with Gasteiger partial charge >= 0.3 is 11.9 Å². The second-order valence-corrected chi connectivity index (χ2v) is 7.24. The number of amides is 1. The number of carboxylic acid groups (broad SMARTS) is 1. The lowest BCUT2D eigenvalue weighted by Crippen LogP contribution is -2.21. The summed E-state index contributed by atoms with van der Waals surface area (Å²) in [4.78, 5) is 35.1.